The molecule has 1 aromatic carbocycles. The minimum absolute atomic E-state index is 0.0214. The number of carbonyl (C=O) groups is 1. The van der Waals surface area contributed by atoms with Crippen molar-refractivity contribution in [3.05, 3.63) is 40.9 Å². The van der Waals surface area contributed by atoms with Crippen molar-refractivity contribution >= 4 is 22.4 Å². The molecule has 0 unspecified atom stereocenters. The van der Waals surface area contributed by atoms with E-state index in [0.29, 0.717) is 24.6 Å². The van der Waals surface area contributed by atoms with Crippen molar-refractivity contribution in [1.29, 1.82) is 0 Å². The molecular formula is C15H18N2O2S. The fraction of sp³-hybridized carbons (Fsp3) is 0.333. The molecule has 1 amide bonds. The Hall–Kier alpha value is -1.88. The second kappa shape index (κ2) is 7.05. The molecule has 0 bridgehead atoms. The first-order valence-corrected chi connectivity index (χ1v) is 7.37. The smallest absolute Gasteiger partial charge is 0.226 e. The average Bonchev–Trinajstić information content (AvgIpc) is 2.82. The zero-order valence-corrected chi connectivity index (χ0v) is 12.5. The van der Waals surface area contributed by atoms with Gasteiger partial charge >= 0.3 is 0 Å². The number of anilines is 1. The molecule has 20 heavy (non-hydrogen) atoms. The Labute approximate surface area is 122 Å². The van der Waals surface area contributed by atoms with Crippen LogP contribution in [0.25, 0.3) is 0 Å². The molecule has 0 saturated carbocycles. The molecule has 1 N–H and O–H groups in total. The van der Waals surface area contributed by atoms with Gasteiger partial charge in [-0.25, -0.2) is 4.98 Å². The average molecular weight is 290 g/mol. The number of aromatic nitrogens is 1. The first kappa shape index (κ1) is 14.5. The standard InChI is InChI=1S/C15H18N2O2S/c1-11-5-7-13(8-6-11)19-9-3-4-14(18)17-15-16-10-12(2)20-15/h5-8,10H,3-4,9H2,1-2H3,(H,16,17,18). The Balaban J connectivity index is 1.65. The van der Waals surface area contributed by atoms with Gasteiger partial charge in [-0.2, -0.15) is 0 Å². The van der Waals surface area contributed by atoms with E-state index in [4.69, 9.17) is 4.74 Å². The van der Waals surface area contributed by atoms with Crippen LogP contribution in [0.1, 0.15) is 23.3 Å². The molecule has 106 valence electrons. The molecule has 5 heteroatoms. The number of nitrogens with zero attached hydrogens (tertiary/aromatic N) is 1. The van der Waals surface area contributed by atoms with Gasteiger partial charge < -0.3 is 10.1 Å². The molecule has 2 rings (SSSR count). The minimum atomic E-state index is -0.0214. The third-order valence-electron chi connectivity index (χ3n) is 2.71. The van der Waals surface area contributed by atoms with Crippen LogP contribution < -0.4 is 10.1 Å². The first-order valence-electron chi connectivity index (χ1n) is 6.55. The van der Waals surface area contributed by atoms with E-state index in [9.17, 15) is 4.79 Å². The number of ether oxygens (including phenoxy) is 1. The lowest BCUT2D eigenvalue weighted by Crippen LogP contribution is -2.12. The normalized spacial score (nSPS) is 10.3. The first-order chi connectivity index (χ1) is 9.63. The van der Waals surface area contributed by atoms with Gasteiger partial charge in [-0.1, -0.05) is 17.7 Å². The lowest BCUT2D eigenvalue weighted by molar-refractivity contribution is -0.116. The fourth-order valence-electron chi connectivity index (χ4n) is 1.65. The van der Waals surface area contributed by atoms with Gasteiger partial charge in [0.05, 0.1) is 6.61 Å². The van der Waals surface area contributed by atoms with Crippen molar-refractivity contribution in [3.63, 3.8) is 0 Å². The van der Waals surface area contributed by atoms with E-state index >= 15 is 0 Å². The minimum Gasteiger partial charge on any atom is -0.494 e. The van der Waals surface area contributed by atoms with Crippen molar-refractivity contribution < 1.29 is 9.53 Å². The zero-order chi connectivity index (χ0) is 14.4. The number of hydrogen-bond acceptors (Lipinski definition) is 4. The Kier molecular flexibility index (Phi) is 5.12. The molecule has 0 atom stereocenters. The van der Waals surface area contributed by atoms with Crippen LogP contribution in [-0.2, 0) is 4.79 Å². The van der Waals surface area contributed by atoms with E-state index < -0.39 is 0 Å². The summed E-state index contributed by atoms with van der Waals surface area (Å²) in [4.78, 5) is 16.9. The SMILES string of the molecule is Cc1ccc(OCCCC(=O)Nc2ncc(C)s2)cc1. The summed E-state index contributed by atoms with van der Waals surface area (Å²) in [6.07, 6.45) is 2.87. The van der Waals surface area contributed by atoms with Gasteiger partial charge in [0.25, 0.3) is 0 Å². The van der Waals surface area contributed by atoms with Gasteiger partial charge in [-0.05, 0) is 32.4 Å². The summed E-state index contributed by atoms with van der Waals surface area (Å²) >= 11 is 1.48. The third kappa shape index (κ3) is 4.66. The molecule has 0 aliphatic carbocycles. The summed E-state index contributed by atoms with van der Waals surface area (Å²) in [6.45, 7) is 4.53. The Bertz CT molecular complexity index is 564. The zero-order valence-electron chi connectivity index (χ0n) is 11.7. The van der Waals surface area contributed by atoms with Gasteiger partial charge in [0.2, 0.25) is 5.91 Å². The number of carbonyl (C=O) groups excluding carboxylic acids is 1. The molecule has 0 aliphatic heterocycles. The monoisotopic (exact) mass is 290 g/mol. The second-order valence-electron chi connectivity index (χ2n) is 4.59. The molecule has 1 aromatic heterocycles. The summed E-state index contributed by atoms with van der Waals surface area (Å²) in [7, 11) is 0. The van der Waals surface area contributed by atoms with Crippen LogP contribution in [0.15, 0.2) is 30.5 Å². The van der Waals surface area contributed by atoms with Crippen molar-refractivity contribution in [2.45, 2.75) is 26.7 Å². The number of thiazole rings is 1. The van der Waals surface area contributed by atoms with Gasteiger partial charge in [-0.15, -0.1) is 11.3 Å². The highest BCUT2D eigenvalue weighted by Crippen LogP contribution is 2.17. The van der Waals surface area contributed by atoms with Crippen LogP contribution in [0, 0.1) is 13.8 Å². The highest BCUT2D eigenvalue weighted by molar-refractivity contribution is 7.15. The lowest BCUT2D eigenvalue weighted by Gasteiger charge is -2.06. The van der Waals surface area contributed by atoms with E-state index in [1.165, 1.54) is 16.9 Å². The predicted octanol–water partition coefficient (Wildman–Crippen LogP) is 3.56. The summed E-state index contributed by atoms with van der Waals surface area (Å²) in [5, 5.41) is 3.44. The second-order valence-corrected chi connectivity index (χ2v) is 5.82. The fourth-order valence-corrected chi connectivity index (χ4v) is 2.33. The molecule has 0 saturated heterocycles. The quantitative estimate of drug-likeness (QED) is 0.828. The number of amides is 1. The van der Waals surface area contributed by atoms with Crippen LogP contribution in [0.3, 0.4) is 0 Å². The number of rotatable bonds is 6. The number of aryl methyl sites for hydroxylation is 2. The van der Waals surface area contributed by atoms with E-state index in [0.717, 1.165) is 10.6 Å². The van der Waals surface area contributed by atoms with E-state index in [1.807, 2.05) is 38.1 Å². The number of hydrogen-bond donors (Lipinski definition) is 1. The van der Waals surface area contributed by atoms with Crippen LogP contribution in [-0.4, -0.2) is 17.5 Å². The van der Waals surface area contributed by atoms with E-state index in [-0.39, 0.29) is 5.91 Å². The lowest BCUT2D eigenvalue weighted by atomic mass is 10.2. The topological polar surface area (TPSA) is 51.2 Å². The molecule has 2 aromatic rings. The third-order valence-corrected chi connectivity index (χ3v) is 3.53. The van der Waals surface area contributed by atoms with Crippen LogP contribution in [0.4, 0.5) is 5.13 Å². The maximum absolute atomic E-state index is 11.7. The van der Waals surface area contributed by atoms with Crippen LogP contribution >= 0.6 is 11.3 Å². The summed E-state index contributed by atoms with van der Waals surface area (Å²) in [6, 6.07) is 7.89. The Morgan fingerprint density at radius 2 is 2.05 bits per heavy atom. The molecule has 0 aliphatic rings. The highest BCUT2D eigenvalue weighted by Gasteiger charge is 2.05. The Morgan fingerprint density at radius 3 is 2.70 bits per heavy atom. The van der Waals surface area contributed by atoms with Crippen molar-refractivity contribution in [2.75, 3.05) is 11.9 Å². The predicted molar refractivity (Wildman–Crippen MR) is 81.4 cm³/mol. The summed E-state index contributed by atoms with van der Waals surface area (Å²) in [5.41, 5.74) is 1.20. The maximum atomic E-state index is 11.7. The largest absolute Gasteiger partial charge is 0.494 e. The van der Waals surface area contributed by atoms with Crippen LogP contribution in [0.2, 0.25) is 0 Å². The van der Waals surface area contributed by atoms with Gasteiger partial charge in [-0.3, -0.25) is 4.79 Å². The van der Waals surface area contributed by atoms with Gasteiger partial charge in [0, 0.05) is 17.5 Å². The molecule has 0 spiro atoms. The molecule has 0 fully saturated rings. The van der Waals surface area contributed by atoms with Gasteiger partial charge in [0.1, 0.15) is 5.75 Å². The number of nitrogens with one attached hydrogen (secondary N) is 1. The summed E-state index contributed by atoms with van der Waals surface area (Å²) in [5.74, 6) is 0.818. The van der Waals surface area contributed by atoms with Crippen molar-refractivity contribution in [1.82, 2.24) is 4.98 Å². The highest BCUT2D eigenvalue weighted by atomic mass is 32.1. The summed E-state index contributed by atoms with van der Waals surface area (Å²) < 4.78 is 5.57. The molecular weight excluding hydrogens is 272 g/mol. The molecule has 4 nitrogen and oxygen atoms in total. The number of benzene rings is 1. The van der Waals surface area contributed by atoms with Crippen LogP contribution in [0.5, 0.6) is 5.75 Å². The Morgan fingerprint density at radius 1 is 1.30 bits per heavy atom. The molecule has 0 radical (unpaired) electrons. The van der Waals surface area contributed by atoms with Crippen molar-refractivity contribution in [3.8, 4) is 5.75 Å². The van der Waals surface area contributed by atoms with Gasteiger partial charge in [0.15, 0.2) is 5.13 Å². The molecule has 1 heterocycles. The van der Waals surface area contributed by atoms with E-state index in [2.05, 4.69) is 10.3 Å². The maximum Gasteiger partial charge on any atom is 0.226 e. The van der Waals surface area contributed by atoms with E-state index in [1.54, 1.807) is 6.20 Å². The van der Waals surface area contributed by atoms with Crippen molar-refractivity contribution in [2.24, 2.45) is 0 Å².